The standard InChI is InChI=1S/C24H25ClN2O3S/c1-17(2)15-23(18-9-5-3-6-10-18)26-24(28)21-14-13-19(16-22(21)25)27-31(29,30)20-11-7-4-8-12-20/h3-14,16-17,23,27H,15H2,1-2H3,(H,26,28)/t23-/m1/s1. The molecule has 5 nitrogen and oxygen atoms in total. The van der Waals surface area contributed by atoms with Crippen LogP contribution in [0.4, 0.5) is 5.69 Å². The van der Waals surface area contributed by atoms with Gasteiger partial charge in [0.2, 0.25) is 0 Å². The van der Waals surface area contributed by atoms with E-state index >= 15 is 0 Å². The van der Waals surface area contributed by atoms with Crippen LogP contribution in [0.2, 0.25) is 5.02 Å². The van der Waals surface area contributed by atoms with Gasteiger partial charge in [0.05, 0.1) is 27.2 Å². The minimum Gasteiger partial charge on any atom is -0.345 e. The zero-order chi connectivity index (χ0) is 22.4. The lowest BCUT2D eigenvalue weighted by Gasteiger charge is -2.21. The van der Waals surface area contributed by atoms with Crippen LogP contribution in [-0.4, -0.2) is 14.3 Å². The number of benzene rings is 3. The van der Waals surface area contributed by atoms with Crippen molar-refractivity contribution in [1.82, 2.24) is 5.32 Å². The number of nitrogens with one attached hydrogen (secondary N) is 2. The van der Waals surface area contributed by atoms with Crippen molar-refractivity contribution >= 4 is 33.2 Å². The van der Waals surface area contributed by atoms with Crippen LogP contribution in [0.1, 0.15) is 42.2 Å². The van der Waals surface area contributed by atoms with Crippen LogP contribution in [-0.2, 0) is 10.0 Å². The molecule has 0 heterocycles. The number of carbonyl (C=O) groups is 1. The van der Waals surface area contributed by atoms with E-state index in [-0.39, 0.29) is 33.1 Å². The molecule has 0 aliphatic carbocycles. The molecule has 162 valence electrons. The Labute approximate surface area is 188 Å². The first kappa shape index (κ1) is 22.8. The lowest BCUT2D eigenvalue weighted by atomic mass is 9.96. The van der Waals surface area contributed by atoms with Crippen LogP contribution in [0.25, 0.3) is 0 Å². The third-order valence-electron chi connectivity index (χ3n) is 4.73. The Kier molecular flexibility index (Phi) is 7.36. The summed E-state index contributed by atoms with van der Waals surface area (Å²) < 4.78 is 27.5. The summed E-state index contributed by atoms with van der Waals surface area (Å²) in [6, 6.07) is 22.2. The normalized spacial score (nSPS) is 12.4. The molecule has 7 heteroatoms. The largest absolute Gasteiger partial charge is 0.345 e. The number of sulfonamides is 1. The van der Waals surface area contributed by atoms with Gasteiger partial charge in [-0.2, -0.15) is 0 Å². The Hall–Kier alpha value is -2.83. The second-order valence-corrected chi connectivity index (χ2v) is 9.77. The Bertz CT molecular complexity index is 1130. The van der Waals surface area contributed by atoms with Crippen LogP contribution < -0.4 is 10.0 Å². The zero-order valence-electron chi connectivity index (χ0n) is 17.4. The molecular formula is C24H25ClN2O3S. The SMILES string of the molecule is CC(C)C[C@@H](NC(=O)c1ccc(NS(=O)(=O)c2ccccc2)cc1Cl)c1ccccc1. The molecule has 1 atom stereocenters. The van der Waals surface area contributed by atoms with Gasteiger partial charge >= 0.3 is 0 Å². The molecule has 0 radical (unpaired) electrons. The maximum absolute atomic E-state index is 12.9. The van der Waals surface area contributed by atoms with Crippen molar-refractivity contribution < 1.29 is 13.2 Å². The van der Waals surface area contributed by atoms with Crippen molar-refractivity contribution in [1.29, 1.82) is 0 Å². The molecule has 0 spiro atoms. The monoisotopic (exact) mass is 456 g/mol. The third-order valence-corrected chi connectivity index (χ3v) is 6.44. The fourth-order valence-electron chi connectivity index (χ4n) is 3.25. The molecule has 0 unspecified atom stereocenters. The predicted octanol–water partition coefficient (Wildman–Crippen LogP) is 5.66. The highest BCUT2D eigenvalue weighted by atomic mass is 35.5. The summed E-state index contributed by atoms with van der Waals surface area (Å²) in [5, 5.41) is 3.22. The summed E-state index contributed by atoms with van der Waals surface area (Å²) in [6.07, 6.45) is 0.780. The average molecular weight is 457 g/mol. The summed E-state index contributed by atoms with van der Waals surface area (Å²) in [6.45, 7) is 4.20. The van der Waals surface area contributed by atoms with Crippen molar-refractivity contribution in [2.45, 2.75) is 31.2 Å². The lowest BCUT2D eigenvalue weighted by Crippen LogP contribution is -2.29. The number of rotatable bonds is 8. The van der Waals surface area contributed by atoms with Gasteiger partial charge in [0, 0.05) is 0 Å². The molecule has 0 aliphatic rings. The summed E-state index contributed by atoms with van der Waals surface area (Å²) >= 11 is 6.34. The van der Waals surface area contributed by atoms with Gasteiger partial charge in [0.1, 0.15) is 0 Å². The average Bonchev–Trinajstić information content (AvgIpc) is 2.74. The van der Waals surface area contributed by atoms with E-state index in [0.29, 0.717) is 5.92 Å². The molecule has 0 bridgehead atoms. The second kappa shape index (κ2) is 9.98. The number of amides is 1. The third kappa shape index (κ3) is 6.09. The van der Waals surface area contributed by atoms with Crippen molar-refractivity contribution in [2.75, 3.05) is 4.72 Å². The van der Waals surface area contributed by atoms with Crippen molar-refractivity contribution in [3.8, 4) is 0 Å². The molecule has 1 amide bonds. The summed E-state index contributed by atoms with van der Waals surface area (Å²) in [5.41, 5.74) is 1.59. The molecule has 0 aliphatic heterocycles. The summed E-state index contributed by atoms with van der Waals surface area (Å²) in [5.74, 6) is 0.0766. The van der Waals surface area contributed by atoms with Crippen LogP contribution in [0.3, 0.4) is 0 Å². The van der Waals surface area contributed by atoms with E-state index < -0.39 is 10.0 Å². The molecule has 3 rings (SSSR count). The maximum atomic E-state index is 12.9. The Balaban J connectivity index is 1.78. The van der Waals surface area contributed by atoms with Crippen LogP contribution in [0.15, 0.2) is 83.8 Å². The van der Waals surface area contributed by atoms with Gasteiger partial charge in [-0.05, 0) is 48.2 Å². The highest BCUT2D eigenvalue weighted by Gasteiger charge is 2.20. The molecule has 0 saturated carbocycles. The van der Waals surface area contributed by atoms with Gasteiger partial charge in [-0.15, -0.1) is 0 Å². The predicted molar refractivity (Wildman–Crippen MR) is 125 cm³/mol. The van der Waals surface area contributed by atoms with Crippen molar-refractivity contribution in [3.63, 3.8) is 0 Å². The van der Waals surface area contributed by atoms with Gasteiger partial charge in [-0.1, -0.05) is 74.0 Å². The Morgan fingerprint density at radius 1 is 0.935 bits per heavy atom. The van der Waals surface area contributed by atoms with Gasteiger partial charge in [0.15, 0.2) is 0 Å². The van der Waals surface area contributed by atoms with E-state index in [4.69, 9.17) is 11.6 Å². The smallest absolute Gasteiger partial charge is 0.261 e. The first-order valence-electron chi connectivity index (χ1n) is 9.99. The number of hydrogen-bond acceptors (Lipinski definition) is 3. The van der Waals surface area contributed by atoms with E-state index in [0.717, 1.165) is 12.0 Å². The van der Waals surface area contributed by atoms with Crippen LogP contribution >= 0.6 is 11.6 Å². The van der Waals surface area contributed by atoms with E-state index in [1.54, 1.807) is 18.2 Å². The zero-order valence-corrected chi connectivity index (χ0v) is 19.0. The Morgan fingerprint density at radius 2 is 1.55 bits per heavy atom. The van der Waals surface area contributed by atoms with Gasteiger partial charge in [-0.3, -0.25) is 9.52 Å². The first-order valence-corrected chi connectivity index (χ1v) is 11.9. The van der Waals surface area contributed by atoms with Gasteiger partial charge < -0.3 is 5.32 Å². The second-order valence-electron chi connectivity index (χ2n) is 7.68. The van der Waals surface area contributed by atoms with E-state index in [9.17, 15) is 13.2 Å². The molecule has 31 heavy (non-hydrogen) atoms. The lowest BCUT2D eigenvalue weighted by molar-refractivity contribution is 0.0932. The molecular weight excluding hydrogens is 432 g/mol. The summed E-state index contributed by atoms with van der Waals surface area (Å²) in [4.78, 5) is 13.1. The Morgan fingerprint density at radius 3 is 2.13 bits per heavy atom. The quantitative estimate of drug-likeness (QED) is 0.459. The molecule has 3 aromatic carbocycles. The minimum atomic E-state index is -3.74. The van der Waals surface area contributed by atoms with E-state index in [2.05, 4.69) is 23.9 Å². The van der Waals surface area contributed by atoms with Crippen molar-refractivity contribution in [3.05, 3.63) is 95.0 Å². The fourth-order valence-corrected chi connectivity index (χ4v) is 4.58. The van der Waals surface area contributed by atoms with E-state index in [1.807, 2.05) is 30.3 Å². The van der Waals surface area contributed by atoms with Crippen molar-refractivity contribution in [2.24, 2.45) is 5.92 Å². The topological polar surface area (TPSA) is 75.3 Å². The molecule has 2 N–H and O–H groups in total. The first-order chi connectivity index (χ1) is 14.8. The molecule has 0 fully saturated rings. The van der Waals surface area contributed by atoms with E-state index in [1.165, 1.54) is 30.3 Å². The number of carbonyl (C=O) groups excluding carboxylic acids is 1. The highest BCUT2D eigenvalue weighted by molar-refractivity contribution is 7.92. The van der Waals surface area contributed by atoms with Crippen LogP contribution in [0.5, 0.6) is 0 Å². The molecule has 0 saturated heterocycles. The number of hydrogen-bond donors (Lipinski definition) is 2. The van der Waals surface area contributed by atoms with Gasteiger partial charge in [-0.25, -0.2) is 8.42 Å². The van der Waals surface area contributed by atoms with Gasteiger partial charge in [0.25, 0.3) is 15.9 Å². The number of anilines is 1. The highest BCUT2D eigenvalue weighted by Crippen LogP contribution is 2.26. The minimum absolute atomic E-state index is 0.146. The number of halogens is 1. The van der Waals surface area contributed by atoms with Crippen LogP contribution in [0, 0.1) is 5.92 Å². The molecule has 3 aromatic rings. The summed E-state index contributed by atoms with van der Waals surface area (Å²) in [7, 11) is -3.74. The fraction of sp³-hybridized carbons (Fsp3) is 0.208. The maximum Gasteiger partial charge on any atom is 0.261 e. The molecule has 0 aromatic heterocycles.